The van der Waals surface area contributed by atoms with Gasteiger partial charge >= 0.3 is 0 Å². The number of likely N-dealkylation sites (tertiary alicyclic amines) is 1. The predicted molar refractivity (Wildman–Crippen MR) is 119 cm³/mol. The summed E-state index contributed by atoms with van der Waals surface area (Å²) in [6, 6.07) is -0.591. The molecule has 0 unspecified atom stereocenters. The van der Waals surface area contributed by atoms with Crippen molar-refractivity contribution in [3.8, 4) is 0 Å². The molecule has 3 N–H and O–H groups in total. The van der Waals surface area contributed by atoms with Crippen LogP contribution in [0.3, 0.4) is 0 Å². The molecule has 2 aromatic heterocycles. The largest absolute Gasteiger partial charge is 0.383 e. The zero-order valence-electron chi connectivity index (χ0n) is 18.5. The molecule has 2 aromatic rings. The summed E-state index contributed by atoms with van der Waals surface area (Å²) in [6.45, 7) is 6.65. The van der Waals surface area contributed by atoms with Crippen molar-refractivity contribution in [1.82, 2.24) is 30.0 Å². The second-order valence-electron chi connectivity index (χ2n) is 8.20. The van der Waals surface area contributed by atoms with E-state index in [-0.39, 0.29) is 11.8 Å². The van der Waals surface area contributed by atoms with Crippen LogP contribution in [0.5, 0.6) is 0 Å². The Hall–Kier alpha value is -2.68. The summed E-state index contributed by atoms with van der Waals surface area (Å²) in [6.07, 6.45) is 4.97. The zero-order valence-corrected chi connectivity index (χ0v) is 19.2. The third-order valence-corrected chi connectivity index (χ3v) is 6.34. The Morgan fingerprint density at radius 1 is 1.29 bits per heavy atom. The van der Waals surface area contributed by atoms with Gasteiger partial charge in [0.25, 0.3) is 5.91 Å². The lowest BCUT2D eigenvalue weighted by Gasteiger charge is -2.33. The number of hydrogen-bond acceptors (Lipinski definition) is 6. The van der Waals surface area contributed by atoms with Gasteiger partial charge in [-0.2, -0.15) is 5.10 Å². The first-order valence-corrected chi connectivity index (χ1v) is 10.9. The number of carbonyl (C=O) groups excluding carboxylic acids is 2. The van der Waals surface area contributed by atoms with Crippen LogP contribution in [-0.4, -0.2) is 55.6 Å². The third kappa shape index (κ3) is 5.33. The second-order valence-corrected chi connectivity index (χ2v) is 8.55. The molecule has 1 fully saturated rings. The van der Waals surface area contributed by atoms with E-state index in [9.17, 15) is 9.59 Å². The summed E-state index contributed by atoms with van der Waals surface area (Å²) < 4.78 is 1.63. The topological polar surface area (TPSA) is 119 Å². The average Bonchev–Trinajstić information content (AvgIpc) is 3.05. The number of anilines is 1. The molecule has 0 aromatic carbocycles. The molecule has 9 nitrogen and oxygen atoms in total. The van der Waals surface area contributed by atoms with Gasteiger partial charge < -0.3 is 16.0 Å². The van der Waals surface area contributed by atoms with Crippen LogP contribution in [0.25, 0.3) is 0 Å². The molecule has 0 radical (unpaired) electrons. The minimum Gasteiger partial charge on any atom is -0.383 e. The summed E-state index contributed by atoms with van der Waals surface area (Å²) in [4.78, 5) is 35.5. The Morgan fingerprint density at radius 3 is 2.55 bits per heavy atom. The summed E-state index contributed by atoms with van der Waals surface area (Å²) >= 11 is 6.23. The van der Waals surface area contributed by atoms with E-state index in [1.165, 1.54) is 6.20 Å². The first-order valence-electron chi connectivity index (χ1n) is 10.5. The number of halogens is 1. The van der Waals surface area contributed by atoms with E-state index in [0.29, 0.717) is 41.4 Å². The molecular weight excluding hydrogens is 418 g/mol. The highest BCUT2D eigenvalue weighted by Crippen LogP contribution is 2.26. The Kier molecular flexibility index (Phi) is 7.15. The van der Waals surface area contributed by atoms with Crippen molar-refractivity contribution in [3.05, 3.63) is 34.0 Å². The van der Waals surface area contributed by atoms with Gasteiger partial charge in [0.15, 0.2) is 0 Å². The lowest BCUT2D eigenvalue weighted by molar-refractivity contribution is -0.134. The van der Waals surface area contributed by atoms with Crippen LogP contribution in [0, 0.1) is 19.8 Å². The van der Waals surface area contributed by atoms with E-state index >= 15 is 0 Å². The quantitative estimate of drug-likeness (QED) is 0.654. The van der Waals surface area contributed by atoms with Crippen LogP contribution in [0.1, 0.15) is 53.6 Å². The van der Waals surface area contributed by atoms with Gasteiger partial charge in [0, 0.05) is 31.4 Å². The molecule has 1 atom stereocenters. The molecule has 0 spiro atoms. The van der Waals surface area contributed by atoms with Gasteiger partial charge in [0.1, 0.15) is 22.8 Å². The molecule has 1 saturated heterocycles. The SMILES string of the molecule is Cc1nc(N)c(CCC2CCN(C(=O)[C@H](C)NC(=O)c3cnn(C)c3C)CC2)c(Cl)n1. The first-order chi connectivity index (χ1) is 14.7. The van der Waals surface area contributed by atoms with E-state index in [4.69, 9.17) is 17.3 Å². The fraction of sp³-hybridized carbons (Fsp3) is 0.571. The number of aromatic nitrogens is 4. The van der Waals surface area contributed by atoms with Crippen molar-refractivity contribution >= 4 is 29.2 Å². The highest BCUT2D eigenvalue weighted by atomic mass is 35.5. The number of piperidine rings is 1. The van der Waals surface area contributed by atoms with E-state index in [2.05, 4.69) is 20.4 Å². The number of aryl methyl sites for hydroxylation is 2. The molecule has 0 aliphatic carbocycles. The van der Waals surface area contributed by atoms with Gasteiger partial charge in [0.2, 0.25) is 5.91 Å². The number of rotatable bonds is 6. The average molecular weight is 448 g/mol. The van der Waals surface area contributed by atoms with Crippen molar-refractivity contribution in [3.63, 3.8) is 0 Å². The van der Waals surface area contributed by atoms with E-state index in [0.717, 1.165) is 36.9 Å². The van der Waals surface area contributed by atoms with Crippen molar-refractivity contribution in [2.45, 2.75) is 52.5 Å². The molecule has 1 aliphatic rings. The number of nitrogens with one attached hydrogen (secondary N) is 1. The molecule has 3 rings (SSSR count). The maximum absolute atomic E-state index is 12.8. The first kappa shape index (κ1) is 23.0. The summed E-state index contributed by atoms with van der Waals surface area (Å²) in [7, 11) is 1.78. The van der Waals surface area contributed by atoms with Gasteiger partial charge in [-0.15, -0.1) is 0 Å². The number of carbonyl (C=O) groups is 2. The normalized spacial score (nSPS) is 15.7. The number of amides is 2. The van der Waals surface area contributed by atoms with E-state index < -0.39 is 6.04 Å². The van der Waals surface area contributed by atoms with Crippen LogP contribution in [-0.2, 0) is 18.3 Å². The highest BCUT2D eigenvalue weighted by molar-refractivity contribution is 6.30. The standard InChI is InChI=1S/C21H30ClN7O2/c1-12(25-20(30)17-11-24-28(4)13(17)2)21(31)29-9-7-15(8-10-29)5-6-16-18(22)26-14(3)27-19(16)23/h11-12,15H,5-10H2,1-4H3,(H,25,30)(H2,23,26,27)/t12-/m0/s1. The molecule has 168 valence electrons. The van der Waals surface area contributed by atoms with E-state index in [1.807, 2.05) is 11.8 Å². The summed E-state index contributed by atoms with van der Waals surface area (Å²) in [5, 5.41) is 7.30. The highest BCUT2D eigenvalue weighted by Gasteiger charge is 2.28. The molecule has 3 heterocycles. The Labute approximate surface area is 187 Å². The Bertz CT molecular complexity index is 944. The van der Waals surface area contributed by atoms with Gasteiger partial charge in [-0.3, -0.25) is 14.3 Å². The fourth-order valence-electron chi connectivity index (χ4n) is 3.94. The monoisotopic (exact) mass is 447 g/mol. The Balaban J connectivity index is 1.48. The minimum absolute atomic E-state index is 0.0624. The van der Waals surface area contributed by atoms with Crippen LogP contribution in [0.2, 0.25) is 5.15 Å². The number of nitrogen functional groups attached to an aromatic ring is 1. The van der Waals surface area contributed by atoms with Gasteiger partial charge in [0.05, 0.1) is 11.8 Å². The lowest BCUT2D eigenvalue weighted by Crippen LogP contribution is -2.49. The van der Waals surface area contributed by atoms with Crippen molar-refractivity contribution in [2.75, 3.05) is 18.8 Å². The lowest BCUT2D eigenvalue weighted by atomic mass is 9.90. The number of nitrogens with two attached hydrogens (primary N) is 1. The van der Waals surface area contributed by atoms with Crippen LogP contribution >= 0.6 is 11.6 Å². The molecule has 1 aliphatic heterocycles. The second kappa shape index (κ2) is 9.64. The Morgan fingerprint density at radius 2 is 1.97 bits per heavy atom. The van der Waals surface area contributed by atoms with Crippen LogP contribution < -0.4 is 11.1 Å². The van der Waals surface area contributed by atoms with E-state index in [1.54, 1.807) is 25.6 Å². The maximum Gasteiger partial charge on any atom is 0.255 e. The predicted octanol–water partition coefficient (Wildman–Crippen LogP) is 2.05. The molecule has 0 saturated carbocycles. The van der Waals surface area contributed by atoms with Crippen molar-refractivity contribution < 1.29 is 9.59 Å². The smallest absolute Gasteiger partial charge is 0.255 e. The van der Waals surface area contributed by atoms with Crippen LogP contribution in [0.15, 0.2) is 6.20 Å². The summed E-state index contributed by atoms with van der Waals surface area (Å²) in [5.74, 6) is 1.14. The third-order valence-electron chi connectivity index (χ3n) is 6.03. The summed E-state index contributed by atoms with van der Waals surface area (Å²) in [5.41, 5.74) is 8.04. The number of hydrogen-bond donors (Lipinski definition) is 2. The van der Waals surface area contributed by atoms with Crippen molar-refractivity contribution in [2.24, 2.45) is 13.0 Å². The molecular formula is C21H30ClN7O2. The minimum atomic E-state index is -0.591. The van der Waals surface area contributed by atoms with Crippen molar-refractivity contribution in [1.29, 1.82) is 0 Å². The maximum atomic E-state index is 12.8. The fourth-order valence-corrected chi connectivity index (χ4v) is 4.25. The van der Waals surface area contributed by atoms with Gasteiger partial charge in [-0.05, 0) is 52.4 Å². The molecule has 31 heavy (non-hydrogen) atoms. The zero-order chi connectivity index (χ0) is 22.7. The molecule has 10 heteroatoms. The van der Waals surface area contributed by atoms with Crippen LogP contribution in [0.4, 0.5) is 5.82 Å². The molecule has 2 amide bonds. The van der Waals surface area contributed by atoms with Gasteiger partial charge in [-0.1, -0.05) is 11.6 Å². The molecule has 0 bridgehead atoms. The van der Waals surface area contributed by atoms with Gasteiger partial charge in [-0.25, -0.2) is 9.97 Å². The number of nitrogens with zero attached hydrogens (tertiary/aromatic N) is 5.